The number of ether oxygens (including phenoxy) is 3. The summed E-state index contributed by atoms with van der Waals surface area (Å²) in [6, 6.07) is 3.27. The molecule has 111 valence electrons. The van der Waals surface area contributed by atoms with E-state index in [2.05, 4.69) is 12.2 Å². The molecule has 1 N–H and O–H groups in total. The van der Waals surface area contributed by atoms with Crippen molar-refractivity contribution in [2.45, 2.75) is 19.3 Å². The molecule has 0 unspecified atom stereocenters. The van der Waals surface area contributed by atoms with Crippen molar-refractivity contribution in [3.63, 3.8) is 0 Å². The van der Waals surface area contributed by atoms with Crippen LogP contribution in [0.4, 0.5) is 0 Å². The van der Waals surface area contributed by atoms with Crippen LogP contribution in [0.2, 0.25) is 0 Å². The van der Waals surface area contributed by atoms with E-state index in [4.69, 9.17) is 14.2 Å². The first-order valence-corrected chi connectivity index (χ1v) is 6.55. The molecule has 1 aromatic rings. The first kappa shape index (κ1) is 16.1. The number of carbonyl (C=O) groups is 1. The highest BCUT2D eigenvalue weighted by Crippen LogP contribution is 2.38. The molecule has 0 atom stereocenters. The van der Waals surface area contributed by atoms with Gasteiger partial charge in [-0.25, -0.2) is 0 Å². The van der Waals surface area contributed by atoms with Gasteiger partial charge >= 0.3 is 0 Å². The van der Waals surface area contributed by atoms with E-state index in [0.717, 1.165) is 19.3 Å². The number of rotatable bonds is 8. The molecule has 1 aromatic carbocycles. The van der Waals surface area contributed by atoms with Crippen molar-refractivity contribution in [2.75, 3.05) is 27.9 Å². The van der Waals surface area contributed by atoms with Crippen LogP contribution in [0.1, 0.15) is 29.6 Å². The van der Waals surface area contributed by atoms with Crippen LogP contribution in [0.25, 0.3) is 0 Å². The predicted molar refractivity (Wildman–Crippen MR) is 77.6 cm³/mol. The van der Waals surface area contributed by atoms with E-state index < -0.39 is 0 Å². The van der Waals surface area contributed by atoms with Gasteiger partial charge in [-0.3, -0.25) is 4.79 Å². The highest BCUT2D eigenvalue weighted by molar-refractivity contribution is 5.95. The zero-order chi connectivity index (χ0) is 15.0. The SMILES string of the molecule is [CH2]CCCCNC(=O)c1cc(OC)c(OC)c(OC)c1. The molecular weight excluding hydrogens is 258 g/mol. The Labute approximate surface area is 120 Å². The van der Waals surface area contributed by atoms with Crippen molar-refractivity contribution in [3.05, 3.63) is 24.6 Å². The van der Waals surface area contributed by atoms with E-state index in [9.17, 15) is 4.79 Å². The Bertz CT molecular complexity index is 420. The zero-order valence-electron chi connectivity index (χ0n) is 12.3. The third kappa shape index (κ3) is 4.05. The van der Waals surface area contributed by atoms with Gasteiger partial charge in [-0.1, -0.05) is 19.8 Å². The number of nitrogens with one attached hydrogen (secondary N) is 1. The van der Waals surface area contributed by atoms with Crippen molar-refractivity contribution in [3.8, 4) is 17.2 Å². The van der Waals surface area contributed by atoms with Crippen LogP contribution in [-0.4, -0.2) is 33.8 Å². The van der Waals surface area contributed by atoms with Crippen LogP contribution in [0.15, 0.2) is 12.1 Å². The number of hydrogen-bond donors (Lipinski definition) is 1. The van der Waals surface area contributed by atoms with E-state index in [0.29, 0.717) is 29.4 Å². The minimum atomic E-state index is -0.159. The van der Waals surface area contributed by atoms with Crippen molar-refractivity contribution >= 4 is 5.91 Å². The number of benzene rings is 1. The second kappa shape index (κ2) is 8.30. The van der Waals surface area contributed by atoms with Crippen LogP contribution in [0.5, 0.6) is 17.2 Å². The lowest BCUT2D eigenvalue weighted by Crippen LogP contribution is -2.24. The molecule has 5 nitrogen and oxygen atoms in total. The van der Waals surface area contributed by atoms with Crippen molar-refractivity contribution in [1.29, 1.82) is 0 Å². The molecule has 1 radical (unpaired) electrons. The number of methoxy groups -OCH3 is 3. The largest absolute Gasteiger partial charge is 0.493 e. The van der Waals surface area contributed by atoms with Crippen LogP contribution < -0.4 is 19.5 Å². The van der Waals surface area contributed by atoms with Gasteiger partial charge in [0.2, 0.25) is 5.75 Å². The monoisotopic (exact) mass is 280 g/mol. The lowest BCUT2D eigenvalue weighted by Gasteiger charge is -2.14. The molecule has 20 heavy (non-hydrogen) atoms. The van der Waals surface area contributed by atoms with Crippen molar-refractivity contribution in [2.24, 2.45) is 0 Å². The second-order valence-corrected chi connectivity index (χ2v) is 4.23. The highest BCUT2D eigenvalue weighted by Gasteiger charge is 2.16. The maximum atomic E-state index is 12.1. The summed E-state index contributed by atoms with van der Waals surface area (Å²) >= 11 is 0. The third-order valence-electron chi connectivity index (χ3n) is 2.89. The van der Waals surface area contributed by atoms with Crippen LogP contribution >= 0.6 is 0 Å². The Kier molecular flexibility index (Phi) is 6.70. The summed E-state index contributed by atoms with van der Waals surface area (Å²) in [7, 11) is 4.57. The van der Waals surface area contributed by atoms with Gasteiger partial charge in [-0.15, -0.1) is 0 Å². The fraction of sp³-hybridized carbons (Fsp3) is 0.467. The fourth-order valence-electron chi connectivity index (χ4n) is 1.82. The summed E-state index contributed by atoms with van der Waals surface area (Å²) < 4.78 is 15.7. The molecule has 0 aliphatic rings. The summed E-state index contributed by atoms with van der Waals surface area (Å²) in [5, 5.41) is 2.86. The molecule has 0 bridgehead atoms. The van der Waals surface area contributed by atoms with Gasteiger partial charge in [0, 0.05) is 12.1 Å². The third-order valence-corrected chi connectivity index (χ3v) is 2.89. The van der Waals surface area contributed by atoms with Crippen LogP contribution in [0, 0.1) is 6.92 Å². The second-order valence-electron chi connectivity index (χ2n) is 4.23. The Morgan fingerprint density at radius 2 is 1.70 bits per heavy atom. The molecule has 0 aromatic heterocycles. The minimum Gasteiger partial charge on any atom is -0.493 e. The zero-order valence-corrected chi connectivity index (χ0v) is 12.3. The Morgan fingerprint density at radius 1 is 1.10 bits per heavy atom. The summed E-state index contributed by atoms with van der Waals surface area (Å²) in [6.45, 7) is 4.40. The van der Waals surface area contributed by atoms with E-state index in [-0.39, 0.29) is 5.91 Å². The average molecular weight is 280 g/mol. The first-order chi connectivity index (χ1) is 9.67. The number of unbranched alkanes of at least 4 members (excludes halogenated alkanes) is 2. The molecular formula is C15H22NO4. The molecule has 5 heteroatoms. The van der Waals surface area contributed by atoms with Crippen molar-refractivity contribution in [1.82, 2.24) is 5.32 Å². The van der Waals surface area contributed by atoms with Gasteiger partial charge in [0.05, 0.1) is 21.3 Å². The molecule has 0 heterocycles. The van der Waals surface area contributed by atoms with Gasteiger partial charge in [-0.2, -0.15) is 0 Å². The number of carbonyl (C=O) groups excluding carboxylic acids is 1. The number of hydrogen-bond acceptors (Lipinski definition) is 4. The summed E-state index contributed by atoms with van der Waals surface area (Å²) in [5.41, 5.74) is 0.481. The Morgan fingerprint density at radius 3 is 2.15 bits per heavy atom. The average Bonchev–Trinajstić information content (AvgIpc) is 2.49. The highest BCUT2D eigenvalue weighted by atomic mass is 16.5. The van der Waals surface area contributed by atoms with Gasteiger partial charge in [0.1, 0.15) is 0 Å². The molecule has 0 saturated carbocycles. The summed E-state index contributed by atoms with van der Waals surface area (Å²) in [4.78, 5) is 12.1. The predicted octanol–water partition coefficient (Wildman–Crippen LogP) is 2.45. The topological polar surface area (TPSA) is 56.8 Å². The van der Waals surface area contributed by atoms with Gasteiger partial charge in [0.25, 0.3) is 5.91 Å². The van der Waals surface area contributed by atoms with E-state index in [1.807, 2.05) is 0 Å². The van der Waals surface area contributed by atoms with Gasteiger partial charge < -0.3 is 19.5 Å². The fourth-order valence-corrected chi connectivity index (χ4v) is 1.82. The summed E-state index contributed by atoms with van der Waals surface area (Å²) in [5.74, 6) is 1.25. The first-order valence-electron chi connectivity index (χ1n) is 6.55. The molecule has 1 rings (SSSR count). The van der Waals surface area contributed by atoms with E-state index in [1.54, 1.807) is 12.1 Å². The van der Waals surface area contributed by atoms with Crippen molar-refractivity contribution < 1.29 is 19.0 Å². The maximum Gasteiger partial charge on any atom is 0.251 e. The molecule has 1 amide bonds. The quantitative estimate of drug-likeness (QED) is 0.743. The lowest BCUT2D eigenvalue weighted by atomic mass is 10.1. The van der Waals surface area contributed by atoms with Gasteiger partial charge in [0.15, 0.2) is 11.5 Å². The van der Waals surface area contributed by atoms with Crippen LogP contribution in [0.3, 0.4) is 0 Å². The number of amides is 1. The molecule has 0 spiro atoms. The normalized spacial score (nSPS) is 10.0. The summed E-state index contributed by atoms with van der Waals surface area (Å²) in [6.07, 6.45) is 2.79. The van der Waals surface area contributed by atoms with Gasteiger partial charge in [-0.05, 0) is 18.6 Å². The maximum absolute atomic E-state index is 12.1. The Balaban J connectivity index is 2.86. The molecule has 0 saturated heterocycles. The standard InChI is InChI=1S/C15H22NO4/c1-5-6-7-8-16-15(17)11-9-12(18-2)14(20-4)13(10-11)19-3/h9-10H,1,5-8H2,2-4H3,(H,16,17). The van der Waals surface area contributed by atoms with Crippen LogP contribution in [-0.2, 0) is 0 Å². The molecule has 0 aliphatic carbocycles. The van der Waals surface area contributed by atoms with E-state index >= 15 is 0 Å². The Hall–Kier alpha value is -1.91. The smallest absolute Gasteiger partial charge is 0.251 e. The molecule has 0 aliphatic heterocycles. The lowest BCUT2D eigenvalue weighted by molar-refractivity contribution is 0.0952. The van der Waals surface area contributed by atoms with E-state index in [1.165, 1.54) is 21.3 Å². The molecule has 0 fully saturated rings. The minimum absolute atomic E-state index is 0.159.